The van der Waals surface area contributed by atoms with Gasteiger partial charge in [-0.15, -0.1) is 11.3 Å². The smallest absolute Gasteiger partial charge is 0.140 e. The van der Waals surface area contributed by atoms with Crippen LogP contribution in [0.1, 0.15) is 16.3 Å². The molecular formula is C24H28FN3O3S. The van der Waals surface area contributed by atoms with Gasteiger partial charge in [0, 0.05) is 50.2 Å². The highest BCUT2D eigenvalue weighted by Crippen LogP contribution is 2.26. The van der Waals surface area contributed by atoms with E-state index in [0.717, 1.165) is 67.0 Å². The fourth-order valence-electron chi connectivity index (χ4n) is 3.74. The van der Waals surface area contributed by atoms with Gasteiger partial charge in [0.1, 0.15) is 34.7 Å². The Hall–Kier alpha value is -2.68. The van der Waals surface area contributed by atoms with Gasteiger partial charge in [-0.2, -0.15) is 0 Å². The third-order valence-corrected chi connectivity index (χ3v) is 6.38. The van der Waals surface area contributed by atoms with Crippen LogP contribution < -0.4 is 14.2 Å². The maximum Gasteiger partial charge on any atom is 0.140 e. The number of piperazine rings is 1. The van der Waals surface area contributed by atoms with Crippen LogP contribution in [0.25, 0.3) is 0 Å². The van der Waals surface area contributed by atoms with E-state index in [9.17, 15) is 4.39 Å². The number of methoxy groups -OCH3 is 2. The number of halogens is 1. The minimum Gasteiger partial charge on any atom is -0.497 e. The van der Waals surface area contributed by atoms with Crippen LogP contribution in [0.15, 0.2) is 47.8 Å². The molecule has 6 nitrogen and oxygen atoms in total. The first-order valence-corrected chi connectivity index (χ1v) is 11.5. The number of hydrogen-bond donors (Lipinski definition) is 0. The van der Waals surface area contributed by atoms with Crippen molar-refractivity contribution in [1.29, 1.82) is 0 Å². The summed E-state index contributed by atoms with van der Waals surface area (Å²) in [6.45, 7) is 6.04. The van der Waals surface area contributed by atoms with Crippen molar-refractivity contribution in [3.8, 4) is 17.2 Å². The Morgan fingerprint density at radius 1 is 0.906 bits per heavy atom. The highest BCUT2D eigenvalue weighted by Gasteiger charge is 2.19. The van der Waals surface area contributed by atoms with Crippen LogP contribution in [0, 0.1) is 5.82 Å². The van der Waals surface area contributed by atoms with Crippen molar-refractivity contribution in [2.75, 3.05) is 40.4 Å². The Labute approximate surface area is 192 Å². The van der Waals surface area contributed by atoms with E-state index in [1.807, 2.05) is 12.1 Å². The Balaban J connectivity index is 1.24. The summed E-state index contributed by atoms with van der Waals surface area (Å²) in [5.41, 5.74) is 2.21. The molecule has 8 heteroatoms. The maximum atomic E-state index is 13.0. The van der Waals surface area contributed by atoms with E-state index >= 15 is 0 Å². The molecule has 0 atom stereocenters. The number of nitrogens with zero attached hydrogens (tertiary/aromatic N) is 3. The zero-order chi connectivity index (χ0) is 22.3. The van der Waals surface area contributed by atoms with E-state index in [0.29, 0.717) is 12.4 Å². The molecule has 32 heavy (non-hydrogen) atoms. The molecule has 0 bridgehead atoms. The number of hydrogen-bond acceptors (Lipinski definition) is 7. The van der Waals surface area contributed by atoms with Crippen molar-refractivity contribution in [3.63, 3.8) is 0 Å². The summed E-state index contributed by atoms with van der Waals surface area (Å²) in [7, 11) is 3.39. The van der Waals surface area contributed by atoms with Crippen LogP contribution in [0.3, 0.4) is 0 Å². The van der Waals surface area contributed by atoms with E-state index in [-0.39, 0.29) is 5.82 Å². The fraction of sp³-hybridized carbons (Fsp3) is 0.375. The lowest BCUT2D eigenvalue weighted by Gasteiger charge is -2.34. The lowest BCUT2D eigenvalue weighted by atomic mass is 10.1. The highest BCUT2D eigenvalue weighted by atomic mass is 32.1. The van der Waals surface area contributed by atoms with E-state index in [1.165, 1.54) is 12.1 Å². The number of thiazole rings is 1. The number of benzene rings is 2. The molecule has 1 fully saturated rings. The Morgan fingerprint density at radius 2 is 1.59 bits per heavy atom. The van der Waals surface area contributed by atoms with Crippen LogP contribution in [-0.4, -0.2) is 55.2 Å². The lowest BCUT2D eigenvalue weighted by Crippen LogP contribution is -2.45. The summed E-state index contributed by atoms with van der Waals surface area (Å²) in [5, 5.41) is 3.02. The van der Waals surface area contributed by atoms with Crippen LogP contribution in [0.5, 0.6) is 17.2 Å². The van der Waals surface area contributed by atoms with E-state index in [4.69, 9.17) is 19.2 Å². The second-order valence-corrected chi connectivity index (χ2v) is 8.65. The predicted octanol–water partition coefficient (Wildman–Crippen LogP) is 4.20. The molecule has 0 amide bonds. The van der Waals surface area contributed by atoms with Crippen LogP contribution in [0.2, 0.25) is 0 Å². The van der Waals surface area contributed by atoms with Crippen molar-refractivity contribution in [2.45, 2.75) is 19.7 Å². The Morgan fingerprint density at radius 3 is 2.28 bits per heavy atom. The number of aromatic nitrogens is 1. The van der Waals surface area contributed by atoms with Crippen LogP contribution in [-0.2, 0) is 19.7 Å². The quantitative estimate of drug-likeness (QED) is 0.480. The van der Waals surface area contributed by atoms with Crippen molar-refractivity contribution in [1.82, 2.24) is 14.8 Å². The van der Waals surface area contributed by atoms with Gasteiger partial charge in [-0.05, 0) is 42.5 Å². The van der Waals surface area contributed by atoms with Gasteiger partial charge in [-0.3, -0.25) is 9.80 Å². The second-order valence-electron chi connectivity index (χ2n) is 7.71. The minimum absolute atomic E-state index is 0.267. The fourth-order valence-corrected chi connectivity index (χ4v) is 4.44. The van der Waals surface area contributed by atoms with Gasteiger partial charge in [0.15, 0.2) is 0 Å². The normalized spacial score (nSPS) is 15.0. The van der Waals surface area contributed by atoms with Crippen molar-refractivity contribution in [2.24, 2.45) is 0 Å². The molecule has 170 valence electrons. The van der Waals surface area contributed by atoms with Crippen LogP contribution in [0.4, 0.5) is 4.39 Å². The second kappa shape index (κ2) is 10.8. The van der Waals surface area contributed by atoms with Gasteiger partial charge in [0.25, 0.3) is 0 Å². The average Bonchev–Trinajstić information content (AvgIpc) is 3.27. The molecule has 2 aromatic carbocycles. The standard InChI is InChI=1S/C24H28FN3O3S/c1-29-22-7-8-23(30-2)18(13-22)14-27-9-11-28(12-10-27)15-20-17-32-24(26-20)16-31-21-5-3-19(25)4-6-21/h3-8,13,17H,9-12,14-16H2,1-2H3. The largest absolute Gasteiger partial charge is 0.497 e. The van der Waals surface area contributed by atoms with E-state index < -0.39 is 0 Å². The molecule has 1 aliphatic rings. The summed E-state index contributed by atoms with van der Waals surface area (Å²) in [6.07, 6.45) is 0. The molecule has 1 aromatic heterocycles. The molecule has 4 rings (SSSR count). The first-order chi connectivity index (χ1) is 15.6. The Bertz CT molecular complexity index is 1000. The van der Waals surface area contributed by atoms with E-state index in [1.54, 1.807) is 37.7 Å². The number of rotatable bonds is 9. The number of ether oxygens (including phenoxy) is 3. The predicted molar refractivity (Wildman–Crippen MR) is 123 cm³/mol. The molecule has 3 aromatic rings. The SMILES string of the molecule is COc1ccc(OC)c(CN2CCN(Cc3csc(COc4ccc(F)cc4)n3)CC2)c1. The zero-order valence-electron chi connectivity index (χ0n) is 18.4. The first-order valence-electron chi connectivity index (χ1n) is 10.6. The van der Waals surface area contributed by atoms with Gasteiger partial charge >= 0.3 is 0 Å². The summed E-state index contributed by atoms with van der Waals surface area (Å²) >= 11 is 1.60. The molecule has 0 spiro atoms. The summed E-state index contributed by atoms with van der Waals surface area (Å²) < 4.78 is 29.6. The summed E-state index contributed by atoms with van der Waals surface area (Å²) in [6, 6.07) is 12.0. The van der Waals surface area contributed by atoms with Gasteiger partial charge in [-0.25, -0.2) is 9.37 Å². The minimum atomic E-state index is -0.267. The summed E-state index contributed by atoms with van der Waals surface area (Å²) in [5.74, 6) is 2.12. The topological polar surface area (TPSA) is 47.1 Å². The van der Waals surface area contributed by atoms with Crippen LogP contribution >= 0.6 is 11.3 Å². The van der Waals surface area contributed by atoms with Crippen molar-refractivity contribution >= 4 is 11.3 Å². The van der Waals surface area contributed by atoms with Gasteiger partial charge in [0.05, 0.1) is 19.9 Å². The highest BCUT2D eigenvalue weighted by molar-refractivity contribution is 7.09. The van der Waals surface area contributed by atoms with Gasteiger partial charge < -0.3 is 14.2 Å². The molecule has 0 unspecified atom stereocenters. The molecule has 0 saturated carbocycles. The molecule has 0 N–H and O–H groups in total. The third kappa shape index (κ3) is 5.97. The molecule has 2 heterocycles. The Kier molecular flexibility index (Phi) is 7.57. The molecule has 0 aliphatic carbocycles. The maximum absolute atomic E-state index is 13.0. The summed E-state index contributed by atoms with van der Waals surface area (Å²) in [4.78, 5) is 9.57. The molecule has 0 radical (unpaired) electrons. The van der Waals surface area contributed by atoms with Gasteiger partial charge in [-0.1, -0.05) is 0 Å². The van der Waals surface area contributed by atoms with Crippen molar-refractivity contribution in [3.05, 3.63) is 69.9 Å². The average molecular weight is 458 g/mol. The lowest BCUT2D eigenvalue weighted by molar-refractivity contribution is 0.120. The molecular weight excluding hydrogens is 429 g/mol. The van der Waals surface area contributed by atoms with E-state index in [2.05, 4.69) is 21.2 Å². The molecule has 1 saturated heterocycles. The zero-order valence-corrected chi connectivity index (χ0v) is 19.2. The van der Waals surface area contributed by atoms with Crippen molar-refractivity contribution < 1.29 is 18.6 Å². The molecule has 1 aliphatic heterocycles. The first kappa shape index (κ1) is 22.5. The monoisotopic (exact) mass is 457 g/mol. The third-order valence-electron chi connectivity index (χ3n) is 5.51. The van der Waals surface area contributed by atoms with Gasteiger partial charge in [0.2, 0.25) is 0 Å².